The summed E-state index contributed by atoms with van der Waals surface area (Å²) in [7, 11) is -3.00. The summed E-state index contributed by atoms with van der Waals surface area (Å²) in [6, 6.07) is 68.7. The summed E-state index contributed by atoms with van der Waals surface area (Å²) in [6.45, 7) is -3.09. The summed E-state index contributed by atoms with van der Waals surface area (Å²) in [5, 5.41) is 48.3. The normalized spacial score (nSPS) is 12.4. The van der Waals surface area contributed by atoms with Crippen molar-refractivity contribution >= 4 is 56.9 Å². The average Bonchev–Trinajstić information content (AvgIpc) is 3.61. The Kier molecular flexibility index (Phi) is 10.3. The fourth-order valence-corrected chi connectivity index (χ4v) is 14.9. The molecule has 8 heteroatoms. The zero-order chi connectivity index (χ0) is 37.4. The number of nitriles is 4. The van der Waals surface area contributed by atoms with E-state index in [0.29, 0.717) is 5.29 Å². The molecule has 0 bridgehead atoms. The van der Waals surface area contributed by atoms with E-state index >= 15 is 0 Å². The molecule has 7 rings (SSSR count). The van der Waals surface area contributed by atoms with Crippen molar-refractivity contribution < 1.29 is 0 Å². The first kappa shape index (κ1) is 35.4. The second-order valence-corrected chi connectivity index (χ2v) is 18.5. The van der Waals surface area contributed by atoms with Gasteiger partial charge in [0, 0.05) is 21.2 Å². The van der Waals surface area contributed by atoms with E-state index in [0.717, 1.165) is 31.8 Å². The molecular formula is C46H30N6P2. The van der Waals surface area contributed by atoms with Crippen molar-refractivity contribution in [1.29, 1.82) is 21.0 Å². The van der Waals surface area contributed by atoms with Crippen LogP contribution in [0.2, 0.25) is 0 Å². The van der Waals surface area contributed by atoms with Gasteiger partial charge in [0.2, 0.25) is 0 Å². The van der Waals surface area contributed by atoms with Gasteiger partial charge in [-0.2, -0.15) is 21.0 Å². The Labute approximate surface area is 315 Å². The third kappa shape index (κ3) is 6.04. The number of allylic oxidation sites excluding steroid dienone is 2. The highest BCUT2D eigenvalue weighted by Gasteiger charge is 2.41. The Hall–Kier alpha value is -7.04. The molecule has 0 radical (unpaired) electrons. The summed E-state index contributed by atoms with van der Waals surface area (Å²) in [5.41, 5.74) is -0.630. The zero-order valence-electron chi connectivity index (χ0n) is 28.9. The first-order chi connectivity index (χ1) is 26.6. The van der Waals surface area contributed by atoms with Crippen molar-refractivity contribution in [1.82, 2.24) is 0 Å². The summed E-state index contributed by atoms with van der Waals surface area (Å²) in [5.74, 6) is 0.277. The summed E-state index contributed by atoms with van der Waals surface area (Å²) < 4.78 is 5.88. The van der Waals surface area contributed by atoms with Crippen molar-refractivity contribution in [3.8, 4) is 24.3 Å². The number of nitrogens with zero attached hydrogens (tertiary/aromatic N) is 6. The zero-order valence-corrected chi connectivity index (χ0v) is 30.7. The smallest absolute Gasteiger partial charge is 0.161 e. The van der Waals surface area contributed by atoms with Crippen LogP contribution < -0.4 is 31.8 Å². The molecule has 1 aliphatic heterocycles. The summed E-state index contributed by atoms with van der Waals surface area (Å²) in [6.07, 6.45) is 0. The second-order valence-electron chi connectivity index (χ2n) is 12.1. The van der Waals surface area contributed by atoms with E-state index in [9.17, 15) is 21.0 Å². The van der Waals surface area contributed by atoms with Crippen LogP contribution in [0.5, 0.6) is 0 Å². The molecule has 6 nitrogen and oxygen atoms in total. The van der Waals surface area contributed by atoms with Gasteiger partial charge in [0.15, 0.2) is 5.84 Å². The van der Waals surface area contributed by atoms with Gasteiger partial charge in [0.25, 0.3) is 0 Å². The van der Waals surface area contributed by atoms with E-state index in [1.807, 2.05) is 121 Å². The van der Waals surface area contributed by atoms with Crippen molar-refractivity contribution in [2.45, 2.75) is 0 Å². The lowest BCUT2D eigenvalue weighted by molar-refractivity contribution is 1.30. The molecule has 0 fully saturated rings. The molecular weight excluding hydrogens is 698 g/mol. The Balaban J connectivity index is 1.83. The average molecular weight is 729 g/mol. The maximum absolute atomic E-state index is 11.3. The van der Waals surface area contributed by atoms with Crippen LogP contribution in [0.1, 0.15) is 0 Å². The Bertz CT molecular complexity index is 2510. The minimum atomic E-state index is -3.09. The molecule has 0 unspecified atom stereocenters. The largest absolute Gasteiger partial charge is 0.234 e. The number of hydrogen-bond donors (Lipinski definition) is 0. The number of amidine groups is 1. The van der Waals surface area contributed by atoms with Gasteiger partial charge in [0.1, 0.15) is 41.1 Å². The third-order valence-electron chi connectivity index (χ3n) is 9.24. The molecule has 1 heterocycles. The van der Waals surface area contributed by atoms with E-state index in [-0.39, 0.29) is 22.7 Å². The molecule has 254 valence electrons. The van der Waals surface area contributed by atoms with Crippen LogP contribution >= 0.6 is 13.9 Å². The fourth-order valence-electron chi connectivity index (χ4n) is 6.96. The van der Waals surface area contributed by atoms with Crippen LogP contribution in [0, 0.1) is 45.3 Å². The molecule has 0 aromatic heterocycles. The van der Waals surface area contributed by atoms with Crippen LogP contribution in [-0.2, 0) is 0 Å². The van der Waals surface area contributed by atoms with Crippen LogP contribution in [0.25, 0.3) is 0 Å². The topological polar surface area (TPSA) is 120 Å². The predicted octanol–water partition coefficient (Wildman–Crippen LogP) is 7.39. The molecule has 0 saturated carbocycles. The van der Waals surface area contributed by atoms with E-state index in [1.165, 1.54) is 0 Å². The molecule has 0 N–H and O–H groups in total. The maximum Gasteiger partial charge on any atom is 0.161 e. The van der Waals surface area contributed by atoms with Gasteiger partial charge < -0.3 is 0 Å². The lowest BCUT2D eigenvalue weighted by Gasteiger charge is -2.32. The highest BCUT2D eigenvalue weighted by molar-refractivity contribution is 7.97. The van der Waals surface area contributed by atoms with Crippen molar-refractivity contribution in [2.24, 2.45) is 9.74 Å². The molecule has 6 aromatic rings. The van der Waals surface area contributed by atoms with Crippen molar-refractivity contribution in [3.05, 3.63) is 204 Å². The SMILES string of the molecule is N#CC(C#N)=C(C#N)C1=C(C#N)C(=P(c2ccccc2)(c2ccccc2)c2ccccc2)C(N=P(c2ccccc2)(c2ccccc2)c2ccccc2)=N1. The fraction of sp³-hybridized carbons (Fsp3) is 0. The maximum atomic E-state index is 11.3. The minimum absolute atomic E-state index is 0.0358. The van der Waals surface area contributed by atoms with E-state index in [4.69, 9.17) is 9.74 Å². The Morgan fingerprint density at radius 3 is 1.07 bits per heavy atom. The third-order valence-corrected chi connectivity index (χ3v) is 17.2. The number of rotatable bonds is 7. The van der Waals surface area contributed by atoms with Gasteiger partial charge in [-0.25, -0.2) is 9.74 Å². The first-order valence-electron chi connectivity index (χ1n) is 17.0. The highest BCUT2D eigenvalue weighted by atomic mass is 31.2. The van der Waals surface area contributed by atoms with Gasteiger partial charge in [-0.15, -0.1) is 0 Å². The molecule has 0 amide bonds. The van der Waals surface area contributed by atoms with Crippen molar-refractivity contribution in [2.75, 3.05) is 0 Å². The molecule has 0 atom stereocenters. The quantitative estimate of drug-likeness (QED) is 0.126. The van der Waals surface area contributed by atoms with Gasteiger partial charge in [-0.05, 0) is 22.8 Å². The lowest BCUT2D eigenvalue weighted by Crippen LogP contribution is -2.34. The van der Waals surface area contributed by atoms with E-state index in [1.54, 1.807) is 0 Å². The highest BCUT2D eigenvalue weighted by Crippen LogP contribution is 2.53. The summed E-state index contributed by atoms with van der Waals surface area (Å²) >= 11 is 0. The second kappa shape index (κ2) is 15.7. The first-order valence-corrected chi connectivity index (χ1v) is 20.6. The Morgan fingerprint density at radius 2 is 0.778 bits per heavy atom. The van der Waals surface area contributed by atoms with Gasteiger partial charge in [-0.1, -0.05) is 182 Å². The monoisotopic (exact) mass is 728 g/mol. The number of benzene rings is 6. The van der Waals surface area contributed by atoms with Crippen LogP contribution in [0.3, 0.4) is 0 Å². The molecule has 6 aromatic carbocycles. The molecule has 1 aliphatic rings. The van der Waals surface area contributed by atoms with Gasteiger partial charge in [0.05, 0.1) is 12.6 Å². The van der Waals surface area contributed by atoms with E-state index < -0.39 is 19.5 Å². The number of hydrogen-bond acceptors (Lipinski definition) is 6. The van der Waals surface area contributed by atoms with Crippen molar-refractivity contribution in [3.63, 3.8) is 0 Å². The van der Waals surface area contributed by atoms with E-state index in [2.05, 4.69) is 84.9 Å². The van der Waals surface area contributed by atoms with Crippen LogP contribution in [-0.4, -0.2) is 11.1 Å². The molecule has 0 saturated heterocycles. The van der Waals surface area contributed by atoms with Crippen LogP contribution in [0.15, 0.2) is 214 Å². The lowest BCUT2D eigenvalue weighted by atomic mass is 10.0. The Morgan fingerprint density at radius 1 is 0.444 bits per heavy atom. The van der Waals surface area contributed by atoms with Crippen LogP contribution in [0.4, 0.5) is 0 Å². The standard InChI is InChI=1S/C46H30N6P2/c47-31-35(32-48)42(33-49)44-43(34-50)45(53(36-19-7-1-8-20-36,37-21-9-2-10-22-37)38-23-11-3-12-24-38)46(51-44)52-54(39-25-13-4-14-26-39,40-27-15-5-16-28-40)41-29-17-6-18-30-41/h1-30H. The summed E-state index contributed by atoms with van der Waals surface area (Å²) in [4.78, 5) is 5.16. The molecule has 54 heavy (non-hydrogen) atoms. The number of aliphatic imine (C=N–C) groups is 1. The predicted molar refractivity (Wildman–Crippen MR) is 222 cm³/mol. The minimum Gasteiger partial charge on any atom is -0.234 e. The van der Waals surface area contributed by atoms with Gasteiger partial charge in [-0.3, -0.25) is 0 Å². The molecule has 0 aliphatic carbocycles. The molecule has 0 spiro atoms. The van der Waals surface area contributed by atoms with Gasteiger partial charge >= 0.3 is 0 Å².